The summed E-state index contributed by atoms with van der Waals surface area (Å²) >= 11 is 0. The van der Waals surface area contributed by atoms with Gasteiger partial charge in [-0.1, -0.05) is 13.8 Å². The van der Waals surface area contributed by atoms with Crippen molar-refractivity contribution < 1.29 is 4.74 Å². The number of likely N-dealkylation sites (N-methyl/N-ethyl adjacent to an activating group) is 2. The largest absolute Gasteiger partial charge is 0.379 e. The second-order valence-corrected chi connectivity index (χ2v) is 10.6. The zero-order valence-corrected chi connectivity index (χ0v) is 20.4. The number of hydrogen-bond donors (Lipinski definition) is 0. The smallest absolute Gasteiger partial charge is 0.0594 e. The number of nitrogens with zero attached hydrogens (tertiary/aromatic N) is 4. The van der Waals surface area contributed by atoms with Gasteiger partial charge in [-0.2, -0.15) is 0 Å². The van der Waals surface area contributed by atoms with Gasteiger partial charge in [0.1, 0.15) is 0 Å². The van der Waals surface area contributed by atoms with Gasteiger partial charge in [-0.15, -0.1) is 0 Å². The number of morpholine rings is 1. The summed E-state index contributed by atoms with van der Waals surface area (Å²) in [6.07, 6.45) is 4.24. The molecule has 29 heavy (non-hydrogen) atoms. The van der Waals surface area contributed by atoms with Crippen LogP contribution in [0, 0.1) is 0 Å². The Hall–Kier alpha value is -0.200. The summed E-state index contributed by atoms with van der Waals surface area (Å²) in [5.41, 5.74) is 0.726. The van der Waals surface area contributed by atoms with Crippen LogP contribution in [0.1, 0.15) is 68.2 Å². The number of ether oxygens (including phenoxy) is 1. The lowest BCUT2D eigenvalue weighted by atomic mass is 10.0. The molecule has 3 rings (SSSR count). The highest BCUT2D eigenvalue weighted by atomic mass is 16.5. The number of rotatable bonds is 0. The van der Waals surface area contributed by atoms with Crippen LogP contribution in [0.2, 0.25) is 0 Å². The lowest BCUT2D eigenvalue weighted by molar-refractivity contribution is -0.00389. The fourth-order valence-corrected chi connectivity index (χ4v) is 3.71. The van der Waals surface area contributed by atoms with Gasteiger partial charge in [0.2, 0.25) is 0 Å². The van der Waals surface area contributed by atoms with Crippen LogP contribution in [0.5, 0.6) is 0 Å². The zero-order valence-electron chi connectivity index (χ0n) is 20.4. The highest BCUT2D eigenvalue weighted by Gasteiger charge is 2.23. The summed E-state index contributed by atoms with van der Waals surface area (Å²) in [4.78, 5) is 9.76. The molecule has 0 saturated carbocycles. The van der Waals surface area contributed by atoms with Crippen molar-refractivity contribution in [3.8, 4) is 0 Å². The lowest BCUT2D eigenvalue weighted by Gasteiger charge is -2.38. The van der Waals surface area contributed by atoms with E-state index in [1.54, 1.807) is 0 Å². The van der Waals surface area contributed by atoms with Crippen molar-refractivity contribution in [2.75, 3.05) is 79.7 Å². The van der Waals surface area contributed by atoms with Crippen molar-refractivity contribution in [2.24, 2.45) is 0 Å². The van der Waals surface area contributed by atoms with Crippen LogP contribution < -0.4 is 0 Å². The standard InChI is InChI=1S/C9H19N.C8H17NO.C6H14N2.CH4/c1-9(2,3)10-7-5-4-6-8-10;1-8(2,3)9-4-6-10-7-5-9;1-7-3-5-8(2)6-4-7;/h4-8H2,1-3H3;4-7H2,1-3H3;3-6H2,1-2H3;1H4. The molecule has 0 spiro atoms. The van der Waals surface area contributed by atoms with Gasteiger partial charge in [-0.3, -0.25) is 9.80 Å². The maximum atomic E-state index is 5.25. The molecule has 3 aliphatic heterocycles. The van der Waals surface area contributed by atoms with E-state index in [-0.39, 0.29) is 7.43 Å². The summed E-state index contributed by atoms with van der Waals surface area (Å²) < 4.78 is 5.25. The van der Waals surface area contributed by atoms with Crippen molar-refractivity contribution in [3.05, 3.63) is 0 Å². The molecule has 0 aromatic carbocycles. The first-order valence-electron chi connectivity index (χ1n) is 11.4. The highest BCUT2D eigenvalue weighted by molar-refractivity contribution is 4.78. The van der Waals surface area contributed by atoms with Gasteiger partial charge in [-0.25, -0.2) is 0 Å². The Balaban J connectivity index is 0.000000401. The van der Waals surface area contributed by atoms with E-state index in [9.17, 15) is 0 Å². The number of piperazine rings is 1. The molecule has 0 bridgehead atoms. The molecule has 0 atom stereocenters. The van der Waals surface area contributed by atoms with Gasteiger partial charge in [-0.05, 0) is 81.6 Å². The van der Waals surface area contributed by atoms with Crippen LogP contribution in [0.25, 0.3) is 0 Å². The summed E-state index contributed by atoms with van der Waals surface area (Å²) in [6, 6.07) is 0. The third-order valence-corrected chi connectivity index (χ3v) is 5.99. The van der Waals surface area contributed by atoms with Gasteiger partial charge >= 0.3 is 0 Å². The number of likely N-dealkylation sites (tertiary alicyclic amines) is 1. The van der Waals surface area contributed by atoms with Gasteiger partial charge in [0, 0.05) is 50.3 Å². The average molecular weight is 415 g/mol. The fourth-order valence-electron chi connectivity index (χ4n) is 3.71. The molecule has 5 heteroatoms. The Morgan fingerprint density at radius 2 is 0.862 bits per heavy atom. The highest BCUT2D eigenvalue weighted by Crippen LogP contribution is 2.19. The monoisotopic (exact) mass is 414 g/mol. The van der Waals surface area contributed by atoms with Crippen LogP contribution in [0.15, 0.2) is 0 Å². The SMILES string of the molecule is C.CC(C)(C)N1CCCCC1.CC(C)(C)N1CCOCC1.CN1CCN(C)CC1. The van der Waals surface area contributed by atoms with E-state index in [4.69, 9.17) is 4.74 Å². The first kappa shape index (κ1) is 28.8. The van der Waals surface area contributed by atoms with Crippen LogP contribution >= 0.6 is 0 Å². The molecule has 3 heterocycles. The molecular formula is C24H54N4O. The fraction of sp³-hybridized carbons (Fsp3) is 1.00. The van der Waals surface area contributed by atoms with E-state index in [0.717, 1.165) is 26.3 Å². The molecule has 176 valence electrons. The Morgan fingerprint density at radius 1 is 0.517 bits per heavy atom. The Labute approximate surface area is 183 Å². The summed E-state index contributed by atoms with van der Waals surface area (Å²) in [5, 5.41) is 0. The molecule has 0 amide bonds. The molecular weight excluding hydrogens is 360 g/mol. The summed E-state index contributed by atoms with van der Waals surface area (Å²) in [5.74, 6) is 0. The van der Waals surface area contributed by atoms with Crippen molar-refractivity contribution in [1.29, 1.82) is 0 Å². The molecule has 0 aromatic rings. The topological polar surface area (TPSA) is 22.2 Å². The van der Waals surface area contributed by atoms with Gasteiger partial charge in [0.05, 0.1) is 13.2 Å². The quantitative estimate of drug-likeness (QED) is 0.598. The predicted molar refractivity (Wildman–Crippen MR) is 129 cm³/mol. The van der Waals surface area contributed by atoms with Crippen LogP contribution in [-0.2, 0) is 4.74 Å². The second kappa shape index (κ2) is 14.0. The zero-order chi connectivity index (χ0) is 21.2. The van der Waals surface area contributed by atoms with E-state index in [1.165, 1.54) is 58.5 Å². The van der Waals surface area contributed by atoms with Gasteiger partial charge < -0.3 is 14.5 Å². The number of piperidine rings is 1. The second-order valence-electron chi connectivity index (χ2n) is 10.6. The molecule has 0 aromatic heterocycles. The first-order valence-corrected chi connectivity index (χ1v) is 11.4. The van der Waals surface area contributed by atoms with Crippen LogP contribution in [-0.4, -0.2) is 110 Å². The van der Waals surface area contributed by atoms with Crippen molar-refractivity contribution >= 4 is 0 Å². The lowest BCUT2D eigenvalue weighted by Crippen LogP contribution is -2.47. The molecule has 0 aliphatic carbocycles. The molecule has 3 aliphatic rings. The van der Waals surface area contributed by atoms with Crippen LogP contribution in [0.4, 0.5) is 0 Å². The molecule has 0 unspecified atom stereocenters. The third-order valence-electron chi connectivity index (χ3n) is 5.99. The maximum Gasteiger partial charge on any atom is 0.0594 e. The van der Waals surface area contributed by atoms with Gasteiger partial charge in [0.25, 0.3) is 0 Å². The molecule has 5 nitrogen and oxygen atoms in total. The number of hydrogen-bond acceptors (Lipinski definition) is 5. The average Bonchev–Trinajstić information content (AvgIpc) is 2.65. The Morgan fingerprint density at radius 3 is 1.14 bits per heavy atom. The van der Waals surface area contributed by atoms with E-state index in [1.807, 2.05) is 0 Å². The molecule has 3 saturated heterocycles. The molecule has 3 fully saturated rings. The van der Waals surface area contributed by atoms with Crippen molar-refractivity contribution in [2.45, 2.75) is 79.3 Å². The summed E-state index contributed by atoms with van der Waals surface area (Å²) in [7, 11) is 4.35. The Bertz CT molecular complexity index is 345. The van der Waals surface area contributed by atoms with E-state index in [0.29, 0.717) is 11.1 Å². The maximum absolute atomic E-state index is 5.25. The van der Waals surface area contributed by atoms with Crippen molar-refractivity contribution in [3.63, 3.8) is 0 Å². The predicted octanol–water partition coefficient (Wildman–Crippen LogP) is 3.89. The van der Waals surface area contributed by atoms with Crippen molar-refractivity contribution in [1.82, 2.24) is 19.6 Å². The van der Waals surface area contributed by atoms with Gasteiger partial charge in [0.15, 0.2) is 0 Å². The van der Waals surface area contributed by atoms with E-state index in [2.05, 4.69) is 75.2 Å². The summed E-state index contributed by atoms with van der Waals surface area (Å²) in [6.45, 7) is 25.2. The molecule has 0 N–H and O–H groups in total. The third kappa shape index (κ3) is 13.0. The normalized spacial score (nSPS) is 23.2. The van der Waals surface area contributed by atoms with E-state index >= 15 is 0 Å². The first-order chi connectivity index (χ1) is 13.0. The van der Waals surface area contributed by atoms with E-state index < -0.39 is 0 Å². The molecule has 0 radical (unpaired) electrons. The minimum Gasteiger partial charge on any atom is -0.379 e. The minimum atomic E-state index is 0. The Kier molecular flexibility index (Phi) is 13.9. The van der Waals surface area contributed by atoms with Crippen LogP contribution in [0.3, 0.4) is 0 Å². The minimum absolute atomic E-state index is 0.